The molecular formula is C25H32ClNO3. The second-order valence-corrected chi connectivity index (χ2v) is 8.69. The lowest BCUT2D eigenvalue weighted by atomic mass is 9.85. The van der Waals surface area contributed by atoms with Crippen LogP contribution in [0, 0.1) is 0 Å². The number of halogens is 1. The van der Waals surface area contributed by atoms with Crippen LogP contribution < -0.4 is 0 Å². The van der Waals surface area contributed by atoms with Crippen LogP contribution in [0.4, 0.5) is 0 Å². The Morgan fingerprint density at radius 2 is 1.80 bits per heavy atom. The van der Waals surface area contributed by atoms with Gasteiger partial charge in [0.25, 0.3) is 0 Å². The quantitative estimate of drug-likeness (QED) is 0.509. The van der Waals surface area contributed by atoms with E-state index in [9.17, 15) is 9.90 Å². The van der Waals surface area contributed by atoms with Gasteiger partial charge in [-0.1, -0.05) is 49.7 Å². The fraction of sp³-hybridized carbons (Fsp3) is 0.480. The smallest absolute Gasteiger partial charge is 0.320 e. The molecule has 0 aliphatic carbocycles. The van der Waals surface area contributed by atoms with Crippen LogP contribution >= 0.6 is 11.6 Å². The van der Waals surface area contributed by atoms with Crippen LogP contribution in [0.5, 0.6) is 0 Å². The molecule has 4 nitrogen and oxygen atoms in total. The fourth-order valence-corrected chi connectivity index (χ4v) is 4.51. The number of hydrogen-bond acceptors (Lipinski definition) is 3. The van der Waals surface area contributed by atoms with Gasteiger partial charge in [0.15, 0.2) is 0 Å². The molecule has 1 N–H and O–H groups in total. The summed E-state index contributed by atoms with van der Waals surface area (Å²) in [6.45, 7) is 6.82. The third-order valence-electron chi connectivity index (χ3n) is 6.57. The first-order valence-corrected chi connectivity index (χ1v) is 11.2. The van der Waals surface area contributed by atoms with E-state index in [1.165, 1.54) is 16.7 Å². The van der Waals surface area contributed by atoms with Crippen molar-refractivity contribution in [2.45, 2.75) is 64.2 Å². The van der Waals surface area contributed by atoms with Gasteiger partial charge in [0.1, 0.15) is 6.04 Å². The van der Waals surface area contributed by atoms with Crippen molar-refractivity contribution in [3.63, 3.8) is 0 Å². The van der Waals surface area contributed by atoms with Gasteiger partial charge in [-0.15, -0.1) is 0 Å². The summed E-state index contributed by atoms with van der Waals surface area (Å²) in [5.41, 5.74) is 4.63. The predicted molar refractivity (Wildman–Crippen MR) is 122 cm³/mol. The van der Waals surface area contributed by atoms with Crippen molar-refractivity contribution in [3.8, 4) is 11.1 Å². The minimum atomic E-state index is -0.788. The number of carbonyl (C=O) groups is 1. The summed E-state index contributed by atoms with van der Waals surface area (Å²) in [4.78, 5) is 13.1. The van der Waals surface area contributed by atoms with Crippen molar-refractivity contribution in [1.82, 2.24) is 4.90 Å². The van der Waals surface area contributed by atoms with E-state index in [1.54, 1.807) is 6.92 Å². The van der Waals surface area contributed by atoms with Gasteiger partial charge in [-0.3, -0.25) is 9.69 Å². The zero-order valence-corrected chi connectivity index (χ0v) is 19.1. The van der Waals surface area contributed by atoms with Gasteiger partial charge in [-0.2, -0.15) is 0 Å². The van der Waals surface area contributed by atoms with Crippen molar-refractivity contribution in [1.29, 1.82) is 0 Å². The average molecular weight is 430 g/mol. The average Bonchev–Trinajstić information content (AvgIpc) is 3.07. The molecule has 0 radical (unpaired) electrons. The minimum absolute atomic E-state index is 0.0284. The third kappa shape index (κ3) is 4.56. The van der Waals surface area contributed by atoms with E-state index in [4.69, 9.17) is 16.3 Å². The Bertz CT molecular complexity index is 876. The van der Waals surface area contributed by atoms with Gasteiger partial charge in [0.2, 0.25) is 0 Å². The number of nitrogens with zero attached hydrogens (tertiary/aromatic N) is 1. The maximum absolute atomic E-state index is 11.2. The van der Waals surface area contributed by atoms with Crippen molar-refractivity contribution in [2.24, 2.45) is 0 Å². The zero-order valence-electron chi connectivity index (χ0n) is 18.3. The summed E-state index contributed by atoms with van der Waals surface area (Å²) >= 11 is 6.05. The Morgan fingerprint density at radius 3 is 2.40 bits per heavy atom. The summed E-state index contributed by atoms with van der Waals surface area (Å²) in [5, 5.41) is 9.94. The highest BCUT2D eigenvalue weighted by molar-refractivity contribution is 6.30. The molecule has 0 spiro atoms. The van der Waals surface area contributed by atoms with Crippen molar-refractivity contribution < 1.29 is 14.6 Å². The molecule has 30 heavy (non-hydrogen) atoms. The second kappa shape index (κ2) is 9.51. The van der Waals surface area contributed by atoms with Gasteiger partial charge in [0, 0.05) is 5.02 Å². The molecule has 0 amide bonds. The summed E-state index contributed by atoms with van der Waals surface area (Å²) in [7, 11) is 1.86. The molecule has 5 heteroatoms. The molecule has 0 saturated heterocycles. The lowest BCUT2D eigenvalue weighted by molar-refractivity contribution is -0.142. The van der Waals surface area contributed by atoms with Gasteiger partial charge in [0.05, 0.1) is 11.7 Å². The Kier molecular flexibility index (Phi) is 7.22. The summed E-state index contributed by atoms with van der Waals surface area (Å²) in [6, 6.07) is 14.1. The molecule has 3 rings (SSSR count). The van der Waals surface area contributed by atoms with Crippen LogP contribution in [0.3, 0.4) is 0 Å². The molecule has 1 unspecified atom stereocenters. The van der Waals surface area contributed by atoms with E-state index >= 15 is 0 Å². The number of fused-ring (bicyclic) bond motifs is 1. The number of carboxylic acids is 1. The van der Waals surface area contributed by atoms with Crippen LogP contribution in [0.2, 0.25) is 5.02 Å². The van der Waals surface area contributed by atoms with E-state index in [2.05, 4.69) is 32.0 Å². The number of ether oxygens (including phenoxy) is 1. The van der Waals surface area contributed by atoms with Gasteiger partial charge >= 0.3 is 5.97 Å². The zero-order chi connectivity index (χ0) is 21.9. The van der Waals surface area contributed by atoms with Crippen LogP contribution in [0.1, 0.15) is 63.7 Å². The first-order chi connectivity index (χ1) is 14.3. The first kappa shape index (κ1) is 22.8. The molecule has 0 saturated carbocycles. The number of hydrogen-bond donors (Lipinski definition) is 1. The number of rotatable bonds is 9. The minimum Gasteiger partial charge on any atom is -0.480 e. The first-order valence-electron chi connectivity index (χ1n) is 10.8. The Morgan fingerprint density at radius 1 is 1.17 bits per heavy atom. The van der Waals surface area contributed by atoms with E-state index in [0.29, 0.717) is 0 Å². The van der Waals surface area contributed by atoms with Crippen LogP contribution in [-0.4, -0.2) is 35.6 Å². The number of carboxylic acid groups (broad SMARTS) is 1. The standard InChI is InChI=1S/C25H32ClNO3/c1-5-25(6-2)22-14-11-19(18-9-12-20(26)13-10-18)16-21(22)23(30-25)8-7-15-27(4)17(3)24(28)29/h9-14,16-17,23H,5-8,15H2,1-4H3,(H,28,29)/t17-,23?/m0/s1. The lowest BCUT2D eigenvalue weighted by Gasteiger charge is -2.28. The molecule has 2 atom stereocenters. The molecule has 1 aliphatic rings. The monoisotopic (exact) mass is 429 g/mol. The van der Waals surface area contributed by atoms with Crippen LogP contribution in [0.15, 0.2) is 42.5 Å². The lowest BCUT2D eigenvalue weighted by Crippen LogP contribution is -2.36. The fourth-order valence-electron chi connectivity index (χ4n) is 4.39. The highest BCUT2D eigenvalue weighted by atomic mass is 35.5. The van der Waals surface area contributed by atoms with Gasteiger partial charge in [-0.05, 0) is 86.7 Å². The van der Waals surface area contributed by atoms with Gasteiger partial charge in [-0.25, -0.2) is 0 Å². The highest BCUT2D eigenvalue weighted by Crippen LogP contribution is 2.50. The topological polar surface area (TPSA) is 49.8 Å². The molecule has 162 valence electrons. The maximum Gasteiger partial charge on any atom is 0.320 e. The molecule has 0 bridgehead atoms. The maximum atomic E-state index is 11.2. The van der Waals surface area contributed by atoms with Gasteiger partial charge < -0.3 is 9.84 Å². The number of aliphatic carboxylic acids is 1. The molecule has 2 aromatic rings. The molecule has 0 aromatic heterocycles. The Balaban J connectivity index is 1.83. The van der Waals surface area contributed by atoms with Crippen LogP contribution in [-0.2, 0) is 15.1 Å². The largest absolute Gasteiger partial charge is 0.480 e. The normalized spacial score (nSPS) is 18.4. The predicted octanol–water partition coefficient (Wildman–Crippen LogP) is 6.28. The van der Waals surface area contributed by atoms with Crippen molar-refractivity contribution in [3.05, 3.63) is 58.6 Å². The van der Waals surface area contributed by atoms with E-state index < -0.39 is 12.0 Å². The molecule has 1 aliphatic heterocycles. The summed E-state index contributed by atoms with van der Waals surface area (Å²) < 4.78 is 6.66. The van der Waals surface area contributed by atoms with Crippen molar-refractivity contribution >= 4 is 17.6 Å². The summed E-state index contributed by atoms with van der Waals surface area (Å²) in [5.74, 6) is -0.788. The van der Waals surface area contributed by atoms with E-state index in [1.807, 2.05) is 36.2 Å². The molecule has 0 fully saturated rings. The number of benzene rings is 2. The number of likely N-dealkylation sites (N-methyl/N-ethyl adjacent to an activating group) is 1. The molecule has 2 aromatic carbocycles. The summed E-state index contributed by atoms with van der Waals surface area (Å²) in [6.07, 6.45) is 3.65. The van der Waals surface area contributed by atoms with Crippen LogP contribution in [0.25, 0.3) is 11.1 Å². The Labute approximate surface area is 184 Å². The highest BCUT2D eigenvalue weighted by Gasteiger charge is 2.42. The van der Waals surface area contributed by atoms with E-state index in [0.717, 1.165) is 42.8 Å². The SMILES string of the molecule is CCC1(CC)OC(CCCN(C)[C@@H](C)C(=O)O)c2cc(-c3ccc(Cl)cc3)ccc21. The third-order valence-corrected chi connectivity index (χ3v) is 6.82. The second-order valence-electron chi connectivity index (χ2n) is 8.25. The molecular weight excluding hydrogens is 398 g/mol. The van der Waals surface area contributed by atoms with Crippen molar-refractivity contribution in [2.75, 3.05) is 13.6 Å². The van der Waals surface area contributed by atoms with E-state index in [-0.39, 0.29) is 11.7 Å². The Hall–Kier alpha value is -1.88. The molecule has 1 heterocycles.